The maximum Gasteiger partial charge on any atom is 0.0833 e. The predicted molar refractivity (Wildman–Crippen MR) is 80.4 cm³/mol. The van der Waals surface area contributed by atoms with Crippen LogP contribution in [-0.2, 0) is 7.05 Å². The molecule has 4 saturated carbocycles. The van der Waals surface area contributed by atoms with Gasteiger partial charge in [0.2, 0.25) is 0 Å². The van der Waals surface area contributed by atoms with Gasteiger partial charge in [-0.15, -0.1) is 0 Å². The van der Waals surface area contributed by atoms with Crippen LogP contribution in [0.1, 0.15) is 56.7 Å². The molecule has 110 valence electrons. The van der Waals surface area contributed by atoms with Crippen molar-refractivity contribution in [1.29, 1.82) is 0 Å². The van der Waals surface area contributed by atoms with Crippen molar-refractivity contribution in [2.45, 2.75) is 51.0 Å². The molecule has 1 unspecified atom stereocenters. The van der Waals surface area contributed by atoms with Crippen LogP contribution in [0.3, 0.4) is 0 Å². The van der Waals surface area contributed by atoms with Gasteiger partial charge in [0.05, 0.1) is 16.9 Å². The quantitative estimate of drug-likeness (QED) is 0.924. The number of hydrogen-bond donors (Lipinski definition) is 1. The second-order valence-electron chi connectivity index (χ2n) is 7.73. The average Bonchev–Trinajstić information content (AvgIpc) is 2.66. The van der Waals surface area contributed by atoms with Crippen LogP contribution >= 0.6 is 11.6 Å². The van der Waals surface area contributed by atoms with Crippen LogP contribution < -0.4 is 5.73 Å². The Hall–Kier alpha value is -0.540. The molecule has 2 N–H and O–H groups in total. The molecule has 1 heterocycles. The van der Waals surface area contributed by atoms with Gasteiger partial charge in [0.25, 0.3) is 0 Å². The molecule has 3 nitrogen and oxygen atoms in total. The molecule has 4 bridgehead atoms. The molecule has 4 heteroatoms. The van der Waals surface area contributed by atoms with Crippen molar-refractivity contribution < 1.29 is 0 Å². The summed E-state index contributed by atoms with van der Waals surface area (Å²) in [6, 6.07) is 0.0336. The van der Waals surface area contributed by atoms with Gasteiger partial charge in [-0.25, -0.2) is 0 Å². The minimum atomic E-state index is 0.0336. The van der Waals surface area contributed by atoms with Crippen LogP contribution in [0, 0.1) is 23.2 Å². The average molecular weight is 294 g/mol. The van der Waals surface area contributed by atoms with E-state index in [0.717, 1.165) is 34.9 Å². The first-order valence-electron chi connectivity index (χ1n) is 7.98. The van der Waals surface area contributed by atoms with Crippen molar-refractivity contribution in [2.75, 3.05) is 0 Å². The Balaban J connectivity index is 1.57. The Morgan fingerprint density at radius 2 is 1.85 bits per heavy atom. The van der Waals surface area contributed by atoms with Gasteiger partial charge in [-0.05, 0) is 68.1 Å². The molecular formula is C16H24ClN3. The van der Waals surface area contributed by atoms with Crippen LogP contribution in [0.4, 0.5) is 0 Å². The van der Waals surface area contributed by atoms with Crippen molar-refractivity contribution >= 4 is 11.6 Å². The number of halogens is 1. The molecular weight excluding hydrogens is 270 g/mol. The zero-order valence-electron chi connectivity index (χ0n) is 12.2. The van der Waals surface area contributed by atoms with Crippen molar-refractivity contribution in [2.24, 2.45) is 36.0 Å². The summed E-state index contributed by atoms with van der Waals surface area (Å²) in [4.78, 5) is 0. The van der Waals surface area contributed by atoms with Gasteiger partial charge >= 0.3 is 0 Å². The summed E-state index contributed by atoms with van der Waals surface area (Å²) < 4.78 is 1.85. The fourth-order valence-corrected chi connectivity index (χ4v) is 6.25. The lowest BCUT2D eigenvalue weighted by Crippen LogP contribution is -2.47. The van der Waals surface area contributed by atoms with E-state index in [1.807, 2.05) is 11.7 Å². The molecule has 1 aromatic rings. The van der Waals surface area contributed by atoms with Gasteiger partial charge in [-0.2, -0.15) is 5.10 Å². The molecule has 4 aliphatic rings. The first kappa shape index (κ1) is 13.1. The predicted octanol–water partition coefficient (Wildman–Crippen LogP) is 3.68. The van der Waals surface area contributed by atoms with E-state index in [4.69, 9.17) is 17.3 Å². The highest BCUT2D eigenvalue weighted by Crippen LogP contribution is 2.62. The van der Waals surface area contributed by atoms with Gasteiger partial charge in [0.15, 0.2) is 0 Å². The third-order valence-electron chi connectivity index (χ3n) is 6.11. The van der Waals surface area contributed by atoms with E-state index in [-0.39, 0.29) is 6.04 Å². The first-order valence-corrected chi connectivity index (χ1v) is 8.35. The van der Waals surface area contributed by atoms with Crippen LogP contribution in [-0.4, -0.2) is 9.78 Å². The number of aryl methyl sites for hydroxylation is 1. The molecule has 0 amide bonds. The number of aromatic nitrogens is 2. The highest BCUT2D eigenvalue weighted by Gasteiger charge is 2.51. The zero-order chi connectivity index (χ0) is 13.9. The van der Waals surface area contributed by atoms with E-state index in [2.05, 4.69) is 5.10 Å². The molecule has 0 saturated heterocycles. The SMILES string of the molecule is Cn1ncc(Cl)c1C(N)CC12CC3CC(CC(C3)C1)C2. The lowest BCUT2D eigenvalue weighted by atomic mass is 9.48. The second-order valence-corrected chi connectivity index (χ2v) is 8.14. The normalized spacial score (nSPS) is 40.2. The van der Waals surface area contributed by atoms with E-state index in [1.54, 1.807) is 6.20 Å². The topological polar surface area (TPSA) is 43.8 Å². The summed E-state index contributed by atoms with van der Waals surface area (Å²) in [7, 11) is 1.95. The molecule has 5 rings (SSSR count). The van der Waals surface area contributed by atoms with Gasteiger partial charge in [0.1, 0.15) is 0 Å². The number of nitrogens with two attached hydrogens (primary N) is 1. The summed E-state index contributed by atoms with van der Waals surface area (Å²) >= 11 is 6.26. The third-order valence-corrected chi connectivity index (χ3v) is 6.40. The zero-order valence-corrected chi connectivity index (χ0v) is 12.9. The molecule has 1 atom stereocenters. The molecule has 0 aliphatic heterocycles. The Labute approximate surface area is 125 Å². The standard InChI is InChI=1S/C16H24ClN3/c1-20-15(13(17)9-19-20)14(18)8-16-5-10-2-11(6-16)4-12(3-10)7-16/h9-12,14H,2-8,18H2,1H3. The smallest absolute Gasteiger partial charge is 0.0833 e. The molecule has 4 fully saturated rings. The molecule has 4 aliphatic carbocycles. The number of hydrogen-bond acceptors (Lipinski definition) is 2. The second kappa shape index (κ2) is 4.48. The van der Waals surface area contributed by atoms with Crippen molar-refractivity contribution in [3.8, 4) is 0 Å². The molecule has 0 radical (unpaired) electrons. The Morgan fingerprint density at radius 3 is 2.30 bits per heavy atom. The van der Waals surface area contributed by atoms with Crippen molar-refractivity contribution in [3.05, 3.63) is 16.9 Å². The largest absolute Gasteiger partial charge is 0.323 e. The van der Waals surface area contributed by atoms with Crippen LogP contribution in [0.15, 0.2) is 6.20 Å². The van der Waals surface area contributed by atoms with E-state index in [0.29, 0.717) is 5.41 Å². The number of rotatable bonds is 3. The lowest BCUT2D eigenvalue weighted by Gasteiger charge is -2.57. The summed E-state index contributed by atoms with van der Waals surface area (Å²) in [5.41, 5.74) is 8.04. The Bertz CT molecular complexity index is 467. The number of nitrogens with zero attached hydrogens (tertiary/aromatic N) is 2. The molecule has 0 aromatic carbocycles. The van der Waals surface area contributed by atoms with Crippen LogP contribution in [0.25, 0.3) is 0 Å². The fourth-order valence-electron chi connectivity index (χ4n) is 5.94. The Kier molecular flexibility index (Phi) is 2.94. The molecule has 1 aromatic heterocycles. The maximum absolute atomic E-state index is 6.52. The maximum atomic E-state index is 6.52. The van der Waals surface area contributed by atoms with E-state index >= 15 is 0 Å². The minimum Gasteiger partial charge on any atom is -0.323 e. The monoisotopic (exact) mass is 293 g/mol. The highest BCUT2D eigenvalue weighted by molar-refractivity contribution is 6.31. The first-order chi connectivity index (χ1) is 9.55. The highest BCUT2D eigenvalue weighted by atomic mass is 35.5. The van der Waals surface area contributed by atoms with Gasteiger partial charge in [-0.1, -0.05) is 11.6 Å². The van der Waals surface area contributed by atoms with Crippen molar-refractivity contribution in [1.82, 2.24) is 9.78 Å². The fraction of sp³-hybridized carbons (Fsp3) is 0.812. The summed E-state index contributed by atoms with van der Waals surface area (Å²) in [5, 5.41) is 4.96. The molecule has 20 heavy (non-hydrogen) atoms. The van der Waals surface area contributed by atoms with E-state index in [1.165, 1.54) is 38.5 Å². The van der Waals surface area contributed by atoms with Crippen molar-refractivity contribution in [3.63, 3.8) is 0 Å². The van der Waals surface area contributed by atoms with Gasteiger partial charge < -0.3 is 5.73 Å². The summed E-state index contributed by atoms with van der Waals surface area (Å²) in [5.74, 6) is 2.95. The van der Waals surface area contributed by atoms with Crippen LogP contribution in [0.5, 0.6) is 0 Å². The summed E-state index contributed by atoms with van der Waals surface area (Å²) in [6.07, 6.45) is 11.5. The van der Waals surface area contributed by atoms with Gasteiger partial charge in [-0.3, -0.25) is 4.68 Å². The van der Waals surface area contributed by atoms with E-state index < -0.39 is 0 Å². The third kappa shape index (κ3) is 2.01. The Morgan fingerprint density at radius 1 is 1.30 bits per heavy atom. The molecule has 0 spiro atoms. The summed E-state index contributed by atoms with van der Waals surface area (Å²) in [6.45, 7) is 0. The lowest BCUT2D eigenvalue weighted by molar-refractivity contribution is -0.0608. The van der Waals surface area contributed by atoms with Crippen LogP contribution in [0.2, 0.25) is 5.02 Å². The van der Waals surface area contributed by atoms with E-state index in [9.17, 15) is 0 Å². The van der Waals surface area contributed by atoms with Gasteiger partial charge in [0, 0.05) is 13.1 Å². The minimum absolute atomic E-state index is 0.0336.